The lowest BCUT2D eigenvalue weighted by atomic mass is 9.84. The van der Waals surface area contributed by atoms with Crippen molar-refractivity contribution in [3.05, 3.63) is 41.0 Å². The Kier molecular flexibility index (Phi) is 2.30. The molecular formula is C19H23N. The summed E-state index contributed by atoms with van der Waals surface area (Å²) in [7, 11) is 0. The van der Waals surface area contributed by atoms with E-state index in [4.69, 9.17) is 0 Å². The van der Waals surface area contributed by atoms with Gasteiger partial charge in [0.1, 0.15) is 0 Å². The van der Waals surface area contributed by atoms with E-state index in [2.05, 4.69) is 36.1 Å². The van der Waals surface area contributed by atoms with Crippen molar-refractivity contribution >= 4 is 5.57 Å². The van der Waals surface area contributed by atoms with Crippen LogP contribution in [0.4, 0.5) is 0 Å². The Labute approximate surface area is 121 Å². The van der Waals surface area contributed by atoms with Gasteiger partial charge in [0, 0.05) is 12.6 Å². The van der Waals surface area contributed by atoms with Crippen LogP contribution in [0, 0.1) is 11.8 Å². The number of rotatable bonds is 0. The van der Waals surface area contributed by atoms with Gasteiger partial charge < -0.3 is 0 Å². The summed E-state index contributed by atoms with van der Waals surface area (Å²) in [5.74, 6) is 2.70. The molecule has 1 heteroatoms. The van der Waals surface area contributed by atoms with E-state index in [0.29, 0.717) is 0 Å². The van der Waals surface area contributed by atoms with Gasteiger partial charge in [-0.2, -0.15) is 0 Å². The van der Waals surface area contributed by atoms with Crippen LogP contribution in [0.3, 0.4) is 0 Å². The molecule has 1 saturated heterocycles. The van der Waals surface area contributed by atoms with E-state index in [1.165, 1.54) is 38.8 Å². The molecule has 0 radical (unpaired) electrons. The highest BCUT2D eigenvalue weighted by Crippen LogP contribution is 2.61. The van der Waals surface area contributed by atoms with Crippen LogP contribution in [0.25, 0.3) is 5.57 Å². The molecule has 2 aliphatic carbocycles. The Morgan fingerprint density at radius 1 is 1.15 bits per heavy atom. The zero-order valence-corrected chi connectivity index (χ0v) is 12.3. The molecule has 1 saturated carbocycles. The van der Waals surface area contributed by atoms with E-state index >= 15 is 0 Å². The third kappa shape index (κ3) is 1.42. The van der Waals surface area contributed by atoms with E-state index in [0.717, 1.165) is 23.8 Å². The van der Waals surface area contributed by atoms with Gasteiger partial charge in [-0.25, -0.2) is 0 Å². The molecule has 1 aromatic rings. The summed E-state index contributed by atoms with van der Waals surface area (Å²) >= 11 is 0. The van der Waals surface area contributed by atoms with Crippen molar-refractivity contribution in [3.8, 4) is 0 Å². The van der Waals surface area contributed by atoms with Crippen LogP contribution in [-0.4, -0.2) is 24.0 Å². The van der Waals surface area contributed by atoms with Gasteiger partial charge >= 0.3 is 0 Å². The third-order valence-corrected chi connectivity index (χ3v) is 6.43. The Bertz CT molecular complexity index is 600. The molecule has 1 aromatic carbocycles. The molecule has 5 rings (SSSR count). The minimum absolute atomic E-state index is 0.743. The summed E-state index contributed by atoms with van der Waals surface area (Å²) in [6.07, 6.45) is 5.50. The Balaban J connectivity index is 1.71. The molecule has 1 nitrogen and oxygen atoms in total. The second-order valence-electron chi connectivity index (χ2n) is 7.30. The summed E-state index contributed by atoms with van der Waals surface area (Å²) in [5.41, 5.74) is 6.86. The van der Waals surface area contributed by atoms with Crippen molar-refractivity contribution in [1.29, 1.82) is 0 Å². The number of fused-ring (bicyclic) bond motifs is 6. The van der Waals surface area contributed by atoms with Crippen LogP contribution in [0.2, 0.25) is 0 Å². The number of hydrogen-bond donors (Lipinski definition) is 0. The van der Waals surface area contributed by atoms with Crippen molar-refractivity contribution in [2.75, 3.05) is 13.1 Å². The molecule has 2 fully saturated rings. The molecule has 0 spiro atoms. The Morgan fingerprint density at radius 3 is 3.00 bits per heavy atom. The summed E-state index contributed by atoms with van der Waals surface area (Å²) in [4.78, 5) is 2.75. The summed E-state index contributed by atoms with van der Waals surface area (Å²) in [6, 6.07) is 10.1. The van der Waals surface area contributed by atoms with Gasteiger partial charge in [0.25, 0.3) is 0 Å². The minimum atomic E-state index is 0.743. The maximum Gasteiger partial charge on any atom is 0.0354 e. The van der Waals surface area contributed by atoms with Crippen molar-refractivity contribution in [2.24, 2.45) is 11.8 Å². The molecule has 0 bridgehead atoms. The monoisotopic (exact) mass is 265 g/mol. The predicted molar refractivity (Wildman–Crippen MR) is 82.6 cm³/mol. The zero-order chi connectivity index (χ0) is 13.3. The third-order valence-electron chi connectivity index (χ3n) is 6.43. The summed E-state index contributed by atoms with van der Waals surface area (Å²) < 4.78 is 0. The maximum absolute atomic E-state index is 2.75. The molecule has 4 aliphatic rings. The number of benzene rings is 1. The lowest BCUT2D eigenvalue weighted by Crippen LogP contribution is -2.36. The quantitative estimate of drug-likeness (QED) is 0.683. The minimum Gasteiger partial charge on any atom is -0.296 e. The molecular weight excluding hydrogens is 242 g/mol. The van der Waals surface area contributed by atoms with Crippen LogP contribution >= 0.6 is 0 Å². The fourth-order valence-electron chi connectivity index (χ4n) is 5.34. The first-order valence-corrected chi connectivity index (χ1v) is 8.40. The second kappa shape index (κ2) is 3.98. The largest absolute Gasteiger partial charge is 0.296 e. The van der Waals surface area contributed by atoms with Gasteiger partial charge in [-0.3, -0.25) is 4.90 Å². The van der Waals surface area contributed by atoms with Gasteiger partial charge in [-0.15, -0.1) is 0 Å². The van der Waals surface area contributed by atoms with Gasteiger partial charge in [0.05, 0.1) is 0 Å². The normalized spacial score (nSPS) is 38.6. The molecule has 0 N–H and O–H groups in total. The molecule has 20 heavy (non-hydrogen) atoms. The topological polar surface area (TPSA) is 3.24 Å². The van der Waals surface area contributed by atoms with Crippen LogP contribution in [0.5, 0.6) is 0 Å². The fourth-order valence-corrected chi connectivity index (χ4v) is 5.34. The lowest BCUT2D eigenvalue weighted by Gasteiger charge is -2.35. The van der Waals surface area contributed by atoms with Crippen LogP contribution in [0.15, 0.2) is 29.8 Å². The van der Waals surface area contributed by atoms with Crippen molar-refractivity contribution in [1.82, 2.24) is 4.90 Å². The van der Waals surface area contributed by atoms with Gasteiger partial charge in [-0.05, 0) is 66.7 Å². The number of hydrogen-bond acceptors (Lipinski definition) is 1. The molecule has 2 heterocycles. The SMILES string of the molecule is CC1C2CC3=C(c4ccccc4C12)C1CCCN1CC3. The second-order valence-corrected chi connectivity index (χ2v) is 7.30. The fraction of sp³-hybridized carbons (Fsp3) is 0.579. The van der Waals surface area contributed by atoms with Crippen LogP contribution < -0.4 is 0 Å². The standard InChI is InChI=1S/C19H23N/c1-12-16-11-13-8-10-20-9-4-7-17(20)19(13)15-6-3-2-5-14(15)18(12)16/h2-3,5-6,12,16-18H,4,7-11H2,1H3. The van der Waals surface area contributed by atoms with E-state index in [-0.39, 0.29) is 0 Å². The molecule has 0 aromatic heterocycles. The highest BCUT2D eigenvalue weighted by atomic mass is 15.2. The van der Waals surface area contributed by atoms with Crippen molar-refractivity contribution in [3.63, 3.8) is 0 Å². The summed E-state index contributed by atoms with van der Waals surface area (Å²) in [6.45, 7) is 5.10. The molecule has 4 unspecified atom stereocenters. The van der Waals surface area contributed by atoms with Gasteiger partial charge in [0.15, 0.2) is 0 Å². The van der Waals surface area contributed by atoms with E-state index in [1.807, 2.05) is 5.57 Å². The van der Waals surface area contributed by atoms with E-state index in [9.17, 15) is 0 Å². The zero-order valence-electron chi connectivity index (χ0n) is 12.3. The lowest BCUT2D eigenvalue weighted by molar-refractivity contribution is 0.285. The molecule has 0 amide bonds. The average Bonchev–Trinajstić information content (AvgIpc) is 2.91. The molecule has 4 atom stereocenters. The first-order chi connectivity index (χ1) is 9.84. The molecule has 2 aliphatic heterocycles. The average molecular weight is 265 g/mol. The predicted octanol–water partition coefficient (Wildman–Crippen LogP) is 4.06. The van der Waals surface area contributed by atoms with Crippen molar-refractivity contribution in [2.45, 2.75) is 44.6 Å². The highest BCUT2D eigenvalue weighted by Gasteiger charge is 2.51. The van der Waals surface area contributed by atoms with Crippen LogP contribution in [-0.2, 0) is 0 Å². The maximum atomic E-state index is 2.75. The Morgan fingerprint density at radius 2 is 2.05 bits per heavy atom. The molecule has 104 valence electrons. The highest BCUT2D eigenvalue weighted by molar-refractivity contribution is 5.78. The first-order valence-electron chi connectivity index (χ1n) is 8.40. The summed E-state index contributed by atoms with van der Waals surface area (Å²) in [5, 5.41) is 0. The van der Waals surface area contributed by atoms with Gasteiger partial charge in [-0.1, -0.05) is 36.8 Å². The Hall–Kier alpha value is -1.08. The first kappa shape index (κ1) is 11.6. The van der Waals surface area contributed by atoms with Crippen molar-refractivity contribution < 1.29 is 0 Å². The van der Waals surface area contributed by atoms with Crippen LogP contribution in [0.1, 0.15) is 49.7 Å². The van der Waals surface area contributed by atoms with E-state index in [1.54, 1.807) is 16.7 Å². The van der Waals surface area contributed by atoms with E-state index < -0.39 is 0 Å². The smallest absolute Gasteiger partial charge is 0.0354 e. The van der Waals surface area contributed by atoms with Gasteiger partial charge in [0.2, 0.25) is 0 Å². The number of nitrogens with zero attached hydrogens (tertiary/aromatic N) is 1.